The largest absolute Gasteiger partial charge is 0.489 e. The molecule has 2 aromatic rings. The van der Waals surface area contributed by atoms with E-state index >= 15 is 0 Å². The van der Waals surface area contributed by atoms with Crippen molar-refractivity contribution >= 4 is 5.78 Å². The van der Waals surface area contributed by atoms with E-state index in [4.69, 9.17) is 9.47 Å². The highest BCUT2D eigenvalue weighted by Gasteiger charge is 2.37. The number of benzene rings is 2. The number of hydrogen-bond acceptors (Lipinski definition) is 3. The monoisotopic (exact) mass is 294 g/mol. The van der Waals surface area contributed by atoms with Gasteiger partial charge in [0.25, 0.3) is 0 Å². The summed E-state index contributed by atoms with van der Waals surface area (Å²) in [6.07, 6.45) is 3.74. The Morgan fingerprint density at radius 2 is 1.82 bits per heavy atom. The lowest BCUT2D eigenvalue weighted by atomic mass is 9.88. The van der Waals surface area contributed by atoms with E-state index in [9.17, 15) is 4.79 Å². The highest BCUT2D eigenvalue weighted by molar-refractivity contribution is 5.90. The van der Waals surface area contributed by atoms with Crippen LogP contribution in [0.15, 0.2) is 66.9 Å². The van der Waals surface area contributed by atoms with E-state index in [1.54, 1.807) is 19.3 Å². The van der Waals surface area contributed by atoms with Gasteiger partial charge in [0.2, 0.25) is 0 Å². The Labute approximate surface area is 130 Å². The Bertz CT molecular complexity index is 674. The molecule has 0 radical (unpaired) electrons. The van der Waals surface area contributed by atoms with E-state index in [0.29, 0.717) is 13.0 Å². The summed E-state index contributed by atoms with van der Waals surface area (Å²) in [5, 5.41) is 0. The summed E-state index contributed by atoms with van der Waals surface area (Å²) in [4.78, 5) is 12.1. The molecule has 3 rings (SSSR count). The first-order valence-electron chi connectivity index (χ1n) is 7.32. The number of allylic oxidation sites excluding steroid dienone is 1. The first-order valence-corrected chi connectivity index (χ1v) is 7.32. The second-order valence-corrected chi connectivity index (χ2v) is 5.45. The first kappa shape index (κ1) is 14.4. The first-order chi connectivity index (χ1) is 10.7. The fraction of sp³-hybridized carbons (Fsp3) is 0.211. The molecule has 3 heteroatoms. The second-order valence-electron chi connectivity index (χ2n) is 5.45. The van der Waals surface area contributed by atoms with E-state index in [1.807, 2.05) is 54.6 Å². The number of rotatable bonds is 4. The van der Waals surface area contributed by atoms with Gasteiger partial charge in [-0.25, -0.2) is 0 Å². The smallest absolute Gasteiger partial charge is 0.188 e. The van der Waals surface area contributed by atoms with Gasteiger partial charge in [-0.2, -0.15) is 0 Å². The lowest BCUT2D eigenvalue weighted by molar-refractivity contribution is -0.138. The van der Waals surface area contributed by atoms with Crippen LogP contribution in [0.25, 0.3) is 0 Å². The van der Waals surface area contributed by atoms with Crippen molar-refractivity contribution in [3.63, 3.8) is 0 Å². The second kappa shape index (κ2) is 6.06. The van der Waals surface area contributed by atoms with Crippen LogP contribution in [0.5, 0.6) is 5.75 Å². The molecule has 0 aliphatic carbocycles. The Hall–Kier alpha value is -2.55. The van der Waals surface area contributed by atoms with E-state index in [2.05, 4.69) is 0 Å². The number of carbonyl (C=O) groups is 1. The number of ether oxygens (including phenoxy) is 2. The summed E-state index contributed by atoms with van der Waals surface area (Å²) in [5.41, 5.74) is 1.07. The highest BCUT2D eigenvalue weighted by Crippen LogP contribution is 2.32. The highest BCUT2D eigenvalue weighted by atomic mass is 16.5. The summed E-state index contributed by atoms with van der Waals surface area (Å²) in [7, 11) is 0. The van der Waals surface area contributed by atoms with Crippen molar-refractivity contribution in [3.8, 4) is 5.75 Å². The van der Waals surface area contributed by atoms with E-state index in [-0.39, 0.29) is 5.78 Å². The minimum absolute atomic E-state index is 0.0629. The number of Topliss-reactive ketones (excluding diaryl/α,β-unsaturated/α-hetero) is 1. The van der Waals surface area contributed by atoms with Gasteiger partial charge < -0.3 is 9.47 Å². The van der Waals surface area contributed by atoms with Crippen LogP contribution in [0.3, 0.4) is 0 Å². The fourth-order valence-corrected chi connectivity index (χ4v) is 2.44. The van der Waals surface area contributed by atoms with Gasteiger partial charge in [-0.3, -0.25) is 4.79 Å². The molecule has 0 fully saturated rings. The van der Waals surface area contributed by atoms with Crippen molar-refractivity contribution in [2.24, 2.45) is 0 Å². The normalized spacial score (nSPS) is 20.5. The minimum atomic E-state index is -0.896. The van der Waals surface area contributed by atoms with Crippen molar-refractivity contribution in [1.29, 1.82) is 0 Å². The third-order valence-corrected chi connectivity index (χ3v) is 3.89. The van der Waals surface area contributed by atoms with E-state index < -0.39 is 5.60 Å². The number of carbonyl (C=O) groups excluding carboxylic acids is 1. The average molecular weight is 294 g/mol. The molecule has 112 valence electrons. The van der Waals surface area contributed by atoms with Crippen molar-refractivity contribution in [1.82, 2.24) is 0 Å². The summed E-state index contributed by atoms with van der Waals surface area (Å²) in [6.45, 7) is 2.33. The molecule has 1 heterocycles. The van der Waals surface area contributed by atoms with Gasteiger partial charge in [-0.15, -0.1) is 0 Å². The zero-order chi connectivity index (χ0) is 15.4. The Morgan fingerprint density at radius 1 is 1.09 bits per heavy atom. The van der Waals surface area contributed by atoms with Crippen molar-refractivity contribution in [3.05, 3.63) is 78.1 Å². The zero-order valence-electron chi connectivity index (χ0n) is 12.5. The van der Waals surface area contributed by atoms with Gasteiger partial charge in [0.05, 0.1) is 6.26 Å². The standard InChI is InChI=1S/C19H18O3/c1-19(18(20)8-5-13-22-19)16-9-11-17(12-10-16)21-14-15-6-3-2-4-7-15/h2-7,9-13H,8,14H2,1H3. The third-order valence-electron chi connectivity index (χ3n) is 3.89. The molecular formula is C19H18O3. The molecule has 1 unspecified atom stereocenters. The summed E-state index contributed by atoms with van der Waals surface area (Å²) >= 11 is 0. The molecule has 1 atom stereocenters. The number of ketones is 1. The van der Waals surface area contributed by atoms with Gasteiger partial charge in [0.15, 0.2) is 11.4 Å². The van der Waals surface area contributed by atoms with Crippen molar-refractivity contribution in [2.45, 2.75) is 25.6 Å². The average Bonchev–Trinajstić information content (AvgIpc) is 2.57. The van der Waals surface area contributed by atoms with Crippen LogP contribution in [0.4, 0.5) is 0 Å². The minimum Gasteiger partial charge on any atom is -0.489 e. The quantitative estimate of drug-likeness (QED) is 0.855. The van der Waals surface area contributed by atoms with Crippen molar-refractivity contribution in [2.75, 3.05) is 0 Å². The zero-order valence-corrected chi connectivity index (χ0v) is 12.5. The lowest BCUT2D eigenvalue weighted by Gasteiger charge is -2.30. The topological polar surface area (TPSA) is 35.5 Å². The predicted octanol–water partition coefficient (Wildman–Crippen LogP) is 3.98. The molecule has 1 aliphatic rings. The van der Waals surface area contributed by atoms with Gasteiger partial charge in [-0.05, 0) is 30.7 Å². The molecule has 0 N–H and O–H groups in total. The molecular weight excluding hydrogens is 276 g/mol. The molecule has 2 aromatic carbocycles. The van der Waals surface area contributed by atoms with Crippen LogP contribution in [0, 0.1) is 0 Å². The summed E-state index contributed by atoms with van der Waals surface area (Å²) < 4.78 is 11.3. The Kier molecular flexibility index (Phi) is 3.96. The molecule has 0 saturated heterocycles. The molecule has 0 spiro atoms. The van der Waals surface area contributed by atoms with Crippen LogP contribution in [-0.4, -0.2) is 5.78 Å². The molecule has 0 saturated carbocycles. The Balaban J connectivity index is 1.70. The molecule has 3 nitrogen and oxygen atoms in total. The van der Waals surface area contributed by atoms with Crippen LogP contribution in [0.1, 0.15) is 24.5 Å². The van der Waals surface area contributed by atoms with Crippen LogP contribution < -0.4 is 4.74 Å². The molecule has 22 heavy (non-hydrogen) atoms. The summed E-state index contributed by atoms with van der Waals surface area (Å²) in [5.74, 6) is 0.836. The van der Waals surface area contributed by atoms with Gasteiger partial charge in [0.1, 0.15) is 12.4 Å². The fourth-order valence-electron chi connectivity index (χ4n) is 2.44. The molecule has 0 amide bonds. The van der Waals surface area contributed by atoms with Crippen LogP contribution in [0.2, 0.25) is 0 Å². The summed E-state index contributed by atoms with van der Waals surface area (Å²) in [6, 6.07) is 17.5. The predicted molar refractivity (Wildman–Crippen MR) is 84.4 cm³/mol. The van der Waals surface area contributed by atoms with Crippen molar-refractivity contribution < 1.29 is 14.3 Å². The SMILES string of the molecule is CC1(c2ccc(OCc3ccccc3)cc2)OC=CCC1=O. The maximum absolute atomic E-state index is 12.1. The van der Waals surface area contributed by atoms with Crippen LogP contribution >= 0.6 is 0 Å². The maximum atomic E-state index is 12.1. The lowest BCUT2D eigenvalue weighted by Crippen LogP contribution is -2.35. The van der Waals surface area contributed by atoms with E-state index in [0.717, 1.165) is 16.9 Å². The molecule has 0 bridgehead atoms. The van der Waals surface area contributed by atoms with Crippen LogP contribution in [-0.2, 0) is 21.7 Å². The van der Waals surface area contributed by atoms with Gasteiger partial charge in [0, 0.05) is 12.0 Å². The van der Waals surface area contributed by atoms with E-state index in [1.165, 1.54) is 0 Å². The Morgan fingerprint density at radius 3 is 2.50 bits per heavy atom. The third kappa shape index (κ3) is 2.89. The number of hydrogen-bond donors (Lipinski definition) is 0. The molecule has 1 aliphatic heterocycles. The van der Waals surface area contributed by atoms with Gasteiger partial charge >= 0.3 is 0 Å². The maximum Gasteiger partial charge on any atom is 0.188 e. The molecule has 0 aromatic heterocycles. The van der Waals surface area contributed by atoms with Gasteiger partial charge in [-0.1, -0.05) is 42.5 Å².